The molecule has 0 aromatic heterocycles. The minimum Gasteiger partial charge on any atom is -0.391 e. The van der Waals surface area contributed by atoms with E-state index in [1.54, 1.807) is 0 Å². The smallest absolute Gasteiger partial charge is 0.304 e. The molecule has 168 valence electrons. The van der Waals surface area contributed by atoms with Gasteiger partial charge in [-0.3, -0.25) is 4.79 Å². The molecule has 0 bridgehead atoms. The van der Waals surface area contributed by atoms with Crippen molar-refractivity contribution in [1.29, 1.82) is 0 Å². The summed E-state index contributed by atoms with van der Waals surface area (Å²) in [6, 6.07) is -1.31. The summed E-state index contributed by atoms with van der Waals surface area (Å²) in [5, 5.41) is 10.4. The molecule has 1 saturated heterocycles. The van der Waals surface area contributed by atoms with Crippen LogP contribution in [0.5, 0.6) is 0 Å². The van der Waals surface area contributed by atoms with Gasteiger partial charge in [0.15, 0.2) is 0 Å². The summed E-state index contributed by atoms with van der Waals surface area (Å²) in [4.78, 5) is 11.5. The number of carbonyl (C=O) groups is 1. The molecule has 3 rings (SSSR count). The first kappa shape index (κ1) is 22.8. The Morgan fingerprint density at radius 3 is 2.69 bits per heavy atom. The highest BCUT2D eigenvalue weighted by molar-refractivity contribution is 7.89. The number of ether oxygens (including phenoxy) is 1. The molecule has 10 nitrogen and oxygen atoms in total. The van der Waals surface area contributed by atoms with Crippen molar-refractivity contribution in [2.75, 3.05) is 25.4 Å². The number of nitrogens with zero attached hydrogens (tertiary/aromatic N) is 1. The van der Waals surface area contributed by atoms with Crippen LogP contribution in [0.15, 0.2) is 0 Å². The standard InChI is InChI=1S/C16H28FN3O7S2/c1-2-28(23,24)18-5-6-27-11-4-3-10-7-13(21)16(15(17)12(10)8-11)20-9-14(22)19-29(20,25)26/h10-13,15-16,18,21H,2-9H2,1H3,(H,19,22). The predicted octanol–water partition coefficient (Wildman–Crippen LogP) is -1.12. The number of aliphatic hydroxyl groups is 1. The summed E-state index contributed by atoms with van der Waals surface area (Å²) in [5.41, 5.74) is 0. The van der Waals surface area contributed by atoms with Crippen molar-refractivity contribution in [3.05, 3.63) is 0 Å². The minimum atomic E-state index is -4.15. The first-order valence-corrected chi connectivity index (χ1v) is 12.9. The van der Waals surface area contributed by atoms with E-state index in [0.717, 1.165) is 4.31 Å². The second-order valence-corrected chi connectivity index (χ2v) is 11.6. The first-order chi connectivity index (χ1) is 13.5. The molecule has 1 aliphatic heterocycles. The maximum absolute atomic E-state index is 15.4. The zero-order chi connectivity index (χ0) is 21.4. The van der Waals surface area contributed by atoms with Gasteiger partial charge in [-0.2, -0.15) is 12.7 Å². The number of hydrogen-bond acceptors (Lipinski definition) is 7. The highest BCUT2D eigenvalue weighted by Gasteiger charge is 2.53. The quantitative estimate of drug-likeness (QED) is 0.411. The Labute approximate surface area is 170 Å². The molecule has 1 heterocycles. The molecule has 6 unspecified atom stereocenters. The number of aliphatic hydroxyl groups excluding tert-OH is 1. The van der Waals surface area contributed by atoms with Crippen molar-refractivity contribution in [1.82, 2.24) is 13.7 Å². The minimum absolute atomic E-state index is 0.0236. The highest BCUT2D eigenvalue weighted by atomic mass is 32.2. The molecular weight excluding hydrogens is 429 g/mol. The number of rotatable bonds is 7. The average molecular weight is 458 g/mol. The van der Waals surface area contributed by atoms with Gasteiger partial charge in [0.05, 0.1) is 37.2 Å². The summed E-state index contributed by atoms with van der Waals surface area (Å²) < 4.78 is 73.1. The summed E-state index contributed by atoms with van der Waals surface area (Å²) in [5.74, 6) is -1.36. The lowest BCUT2D eigenvalue weighted by Gasteiger charge is -2.47. The average Bonchev–Trinajstić information content (AvgIpc) is 2.91. The van der Waals surface area contributed by atoms with Gasteiger partial charge in [-0.1, -0.05) is 0 Å². The summed E-state index contributed by atoms with van der Waals surface area (Å²) in [6.07, 6.45) is -1.18. The van der Waals surface area contributed by atoms with Gasteiger partial charge < -0.3 is 9.84 Å². The zero-order valence-electron chi connectivity index (χ0n) is 16.2. The normalized spacial score (nSPS) is 37.8. The van der Waals surface area contributed by atoms with Crippen LogP contribution in [-0.2, 0) is 29.8 Å². The van der Waals surface area contributed by atoms with Gasteiger partial charge in [0, 0.05) is 6.54 Å². The molecule has 6 atom stereocenters. The molecular formula is C16H28FN3O7S2. The molecule has 0 spiro atoms. The number of sulfonamides is 1. The summed E-state index contributed by atoms with van der Waals surface area (Å²) >= 11 is 0. The van der Waals surface area contributed by atoms with E-state index in [9.17, 15) is 26.7 Å². The number of halogens is 1. The molecule has 0 aromatic rings. The molecule has 1 amide bonds. The van der Waals surface area contributed by atoms with E-state index < -0.39 is 56.9 Å². The first-order valence-electron chi connectivity index (χ1n) is 9.77. The monoisotopic (exact) mass is 457 g/mol. The fourth-order valence-electron chi connectivity index (χ4n) is 4.58. The van der Waals surface area contributed by atoms with E-state index >= 15 is 4.39 Å². The van der Waals surface area contributed by atoms with Crippen LogP contribution in [0.4, 0.5) is 4.39 Å². The second kappa shape index (κ2) is 8.71. The molecule has 13 heteroatoms. The lowest BCUT2D eigenvalue weighted by molar-refractivity contribution is -0.120. The Hall–Kier alpha value is -0.860. The third-order valence-corrected chi connectivity index (χ3v) is 8.89. The van der Waals surface area contributed by atoms with Gasteiger partial charge in [0.1, 0.15) is 6.17 Å². The van der Waals surface area contributed by atoms with Crippen molar-refractivity contribution in [2.45, 2.75) is 57.0 Å². The van der Waals surface area contributed by atoms with Crippen molar-refractivity contribution in [2.24, 2.45) is 11.8 Å². The molecule has 3 aliphatic rings. The Balaban J connectivity index is 1.61. The van der Waals surface area contributed by atoms with E-state index in [2.05, 4.69) is 4.72 Å². The van der Waals surface area contributed by atoms with Crippen LogP contribution in [-0.4, -0.2) is 82.0 Å². The van der Waals surface area contributed by atoms with Gasteiger partial charge in [0.25, 0.3) is 0 Å². The predicted molar refractivity (Wildman–Crippen MR) is 101 cm³/mol. The van der Waals surface area contributed by atoms with Gasteiger partial charge in [-0.25, -0.2) is 22.3 Å². The fourth-order valence-corrected chi connectivity index (χ4v) is 6.51. The van der Waals surface area contributed by atoms with Crippen LogP contribution in [0.25, 0.3) is 0 Å². The van der Waals surface area contributed by atoms with Crippen molar-refractivity contribution >= 4 is 26.1 Å². The number of alkyl halides is 1. The Kier molecular flexibility index (Phi) is 6.85. The third-order valence-electron chi connectivity index (χ3n) is 6.01. The molecule has 0 radical (unpaired) electrons. The van der Waals surface area contributed by atoms with Crippen molar-refractivity contribution in [3.8, 4) is 0 Å². The van der Waals surface area contributed by atoms with E-state index in [-0.39, 0.29) is 37.3 Å². The molecule has 3 fully saturated rings. The van der Waals surface area contributed by atoms with Crippen LogP contribution < -0.4 is 9.44 Å². The number of amides is 1. The van der Waals surface area contributed by atoms with Crippen LogP contribution in [0.3, 0.4) is 0 Å². The van der Waals surface area contributed by atoms with E-state index in [1.807, 2.05) is 4.72 Å². The van der Waals surface area contributed by atoms with Crippen LogP contribution in [0.2, 0.25) is 0 Å². The van der Waals surface area contributed by atoms with Gasteiger partial charge in [-0.15, -0.1) is 0 Å². The lowest BCUT2D eigenvalue weighted by atomic mass is 9.66. The Morgan fingerprint density at radius 1 is 1.34 bits per heavy atom. The molecule has 2 saturated carbocycles. The zero-order valence-corrected chi connectivity index (χ0v) is 17.8. The van der Waals surface area contributed by atoms with E-state index in [0.29, 0.717) is 19.3 Å². The topological polar surface area (TPSA) is 142 Å². The number of carbonyl (C=O) groups excluding carboxylic acids is 1. The molecule has 2 aliphatic carbocycles. The molecule has 0 aromatic carbocycles. The van der Waals surface area contributed by atoms with Crippen molar-refractivity contribution in [3.63, 3.8) is 0 Å². The van der Waals surface area contributed by atoms with Crippen LogP contribution >= 0.6 is 0 Å². The third kappa shape index (κ3) is 5.07. The summed E-state index contributed by atoms with van der Waals surface area (Å²) in [7, 11) is -7.45. The molecule has 29 heavy (non-hydrogen) atoms. The highest BCUT2D eigenvalue weighted by Crippen LogP contribution is 2.45. The van der Waals surface area contributed by atoms with Gasteiger partial charge in [-0.05, 0) is 44.4 Å². The maximum Gasteiger partial charge on any atom is 0.304 e. The maximum atomic E-state index is 15.4. The lowest BCUT2D eigenvalue weighted by Crippen LogP contribution is -2.59. The number of fused-ring (bicyclic) bond motifs is 1. The Bertz CT molecular complexity index is 822. The largest absolute Gasteiger partial charge is 0.391 e. The van der Waals surface area contributed by atoms with Crippen LogP contribution in [0, 0.1) is 11.8 Å². The Morgan fingerprint density at radius 2 is 2.07 bits per heavy atom. The second-order valence-electron chi connectivity index (χ2n) is 7.84. The van der Waals surface area contributed by atoms with Gasteiger partial charge >= 0.3 is 10.2 Å². The summed E-state index contributed by atoms with van der Waals surface area (Å²) in [6.45, 7) is 1.31. The van der Waals surface area contributed by atoms with E-state index in [1.165, 1.54) is 6.92 Å². The van der Waals surface area contributed by atoms with Crippen LogP contribution in [0.1, 0.15) is 32.6 Å². The van der Waals surface area contributed by atoms with Gasteiger partial charge in [0.2, 0.25) is 15.9 Å². The SMILES string of the molecule is CCS(=O)(=O)NCCOC1CCC2CC(O)C(N3CC(=O)NS3(=O)=O)C(F)C2C1. The fraction of sp³-hybridized carbons (Fsp3) is 0.938. The van der Waals surface area contributed by atoms with Crippen molar-refractivity contribution < 1.29 is 35.9 Å². The molecule has 3 N–H and O–H groups in total. The number of hydrogen-bond donors (Lipinski definition) is 3. The number of nitrogens with one attached hydrogen (secondary N) is 2. The van der Waals surface area contributed by atoms with E-state index in [4.69, 9.17) is 4.74 Å².